The van der Waals surface area contributed by atoms with Gasteiger partial charge in [0.25, 0.3) is 0 Å². The van der Waals surface area contributed by atoms with E-state index in [1.54, 1.807) is 0 Å². The maximum absolute atomic E-state index is 6.11. The minimum atomic E-state index is 0.150. The molecule has 2 unspecified atom stereocenters. The van der Waals surface area contributed by atoms with Crippen LogP contribution >= 0.6 is 0 Å². The van der Waals surface area contributed by atoms with Gasteiger partial charge in [-0.05, 0) is 38.2 Å². The van der Waals surface area contributed by atoms with Crippen LogP contribution in [0.5, 0.6) is 0 Å². The Labute approximate surface area is 133 Å². The van der Waals surface area contributed by atoms with Gasteiger partial charge in [-0.1, -0.05) is 29.8 Å². The first-order chi connectivity index (χ1) is 10.6. The molecular weight excluding hydrogens is 274 g/mol. The topological polar surface area (TPSA) is 50.9 Å². The van der Waals surface area contributed by atoms with Crippen molar-refractivity contribution in [3.8, 4) is 0 Å². The molecule has 0 aromatic heterocycles. The van der Waals surface area contributed by atoms with E-state index in [2.05, 4.69) is 41.1 Å². The maximum atomic E-state index is 6.11. The Kier molecular flexibility index (Phi) is 4.67. The Morgan fingerprint density at radius 1 is 1.27 bits per heavy atom. The van der Waals surface area contributed by atoms with E-state index >= 15 is 0 Å². The zero-order valence-corrected chi connectivity index (χ0v) is 13.7. The van der Waals surface area contributed by atoms with Gasteiger partial charge in [0.1, 0.15) is 0 Å². The lowest BCUT2D eigenvalue weighted by molar-refractivity contribution is -0.0250. The fourth-order valence-electron chi connectivity index (χ4n) is 3.13. The molecule has 3 rings (SSSR count). The highest BCUT2D eigenvalue weighted by molar-refractivity contribution is 5.78. The van der Waals surface area contributed by atoms with Crippen LogP contribution in [0.2, 0.25) is 0 Å². The first-order valence-electron chi connectivity index (χ1n) is 8.36. The summed E-state index contributed by atoms with van der Waals surface area (Å²) in [6.07, 6.45) is 4.90. The number of hydrogen-bond donors (Lipinski definition) is 1. The lowest BCUT2D eigenvalue weighted by Gasteiger charge is -2.31. The Hall–Kier alpha value is -1.55. The van der Waals surface area contributed by atoms with E-state index in [4.69, 9.17) is 10.5 Å². The fourth-order valence-corrected chi connectivity index (χ4v) is 3.13. The molecule has 2 fully saturated rings. The quantitative estimate of drug-likeness (QED) is 0.687. The molecule has 2 N–H and O–H groups in total. The lowest BCUT2D eigenvalue weighted by Crippen LogP contribution is -2.36. The van der Waals surface area contributed by atoms with E-state index in [1.807, 2.05) is 7.05 Å². The summed E-state index contributed by atoms with van der Waals surface area (Å²) in [7, 11) is 2.05. The number of aliphatic imine (C=N–C) groups is 1. The van der Waals surface area contributed by atoms with Crippen LogP contribution in [0.25, 0.3) is 0 Å². The molecule has 120 valence electrons. The highest BCUT2D eigenvalue weighted by atomic mass is 16.5. The smallest absolute Gasteiger partial charge is 0.191 e. The first-order valence-corrected chi connectivity index (χ1v) is 8.36. The Bertz CT molecular complexity index is 522. The van der Waals surface area contributed by atoms with Crippen molar-refractivity contribution in [3.63, 3.8) is 0 Å². The summed E-state index contributed by atoms with van der Waals surface area (Å²) in [5, 5.41) is 0. The molecule has 2 aliphatic rings. The zero-order valence-electron chi connectivity index (χ0n) is 13.7. The van der Waals surface area contributed by atoms with Gasteiger partial charge >= 0.3 is 0 Å². The number of ether oxygens (including phenoxy) is 1. The van der Waals surface area contributed by atoms with Crippen LogP contribution in [-0.4, -0.2) is 37.1 Å². The van der Waals surface area contributed by atoms with Crippen molar-refractivity contribution in [1.29, 1.82) is 0 Å². The molecule has 0 spiro atoms. The molecule has 1 aliphatic carbocycles. The second-order valence-corrected chi connectivity index (χ2v) is 6.65. The molecule has 4 heteroatoms. The number of aryl methyl sites for hydroxylation is 1. The fraction of sp³-hybridized carbons (Fsp3) is 0.611. The predicted octanol–water partition coefficient (Wildman–Crippen LogP) is 2.87. The summed E-state index contributed by atoms with van der Waals surface area (Å²) in [6.45, 7) is 3.71. The van der Waals surface area contributed by atoms with Crippen LogP contribution in [0, 0.1) is 12.8 Å². The molecule has 22 heavy (non-hydrogen) atoms. The normalized spacial score (nSPS) is 26.0. The minimum Gasteiger partial charge on any atom is -0.373 e. The molecule has 0 amide bonds. The third kappa shape index (κ3) is 3.61. The molecular formula is C18H27N3O. The van der Waals surface area contributed by atoms with E-state index in [0.717, 1.165) is 26.0 Å². The molecule has 1 saturated heterocycles. The number of hydrogen-bond acceptors (Lipinski definition) is 2. The van der Waals surface area contributed by atoms with Crippen molar-refractivity contribution in [2.45, 2.75) is 44.8 Å². The number of rotatable bonds is 4. The second kappa shape index (κ2) is 6.69. The zero-order chi connectivity index (χ0) is 15.5. The molecule has 4 nitrogen and oxygen atoms in total. The molecule has 0 radical (unpaired) electrons. The molecule has 1 aromatic rings. The number of nitrogens with two attached hydrogens (primary N) is 1. The summed E-state index contributed by atoms with van der Waals surface area (Å²) < 4.78 is 6.05. The number of benzene rings is 1. The van der Waals surface area contributed by atoms with Crippen molar-refractivity contribution in [1.82, 2.24) is 4.90 Å². The highest BCUT2D eigenvalue weighted by Crippen LogP contribution is 2.34. The van der Waals surface area contributed by atoms with E-state index < -0.39 is 0 Å². The average molecular weight is 301 g/mol. The SMILES string of the molecule is Cc1ccc(C2OCCCC2CN=C(N)N(C)C2CC2)cc1. The van der Waals surface area contributed by atoms with Gasteiger partial charge in [-0.25, -0.2) is 0 Å². The predicted molar refractivity (Wildman–Crippen MR) is 89.9 cm³/mol. The molecule has 1 heterocycles. The Balaban J connectivity index is 1.67. The van der Waals surface area contributed by atoms with Gasteiger partial charge < -0.3 is 15.4 Å². The molecule has 2 atom stereocenters. The van der Waals surface area contributed by atoms with E-state index in [-0.39, 0.29) is 6.10 Å². The van der Waals surface area contributed by atoms with Crippen LogP contribution in [0.3, 0.4) is 0 Å². The van der Waals surface area contributed by atoms with Crippen LogP contribution in [-0.2, 0) is 4.74 Å². The van der Waals surface area contributed by atoms with Crippen LogP contribution in [0.4, 0.5) is 0 Å². The Morgan fingerprint density at radius 3 is 2.68 bits per heavy atom. The second-order valence-electron chi connectivity index (χ2n) is 6.65. The van der Waals surface area contributed by atoms with Crippen molar-refractivity contribution in [3.05, 3.63) is 35.4 Å². The molecule has 1 saturated carbocycles. The van der Waals surface area contributed by atoms with Gasteiger partial charge in [0.15, 0.2) is 5.96 Å². The third-order valence-corrected chi connectivity index (χ3v) is 4.79. The van der Waals surface area contributed by atoms with Gasteiger partial charge in [-0.15, -0.1) is 0 Å². The summed E-state index contributed by atoms with van der Waals surface area (Å²) >= 11 is 0. The van der Waals surface area contributed by atoms with Gasteiger partial charge in [0.2, 0.25) is 0 Å². The van der Waals surface area contributed by atoms with Gasteiger partial charge in [-0.2, -0.15) is 0 Å². The van der Waals surface area contributed by atoms with E-state index in [9.17, 15) is 0 Å². The van der Waals surface area contributed by atoms with Gasteiger partial charge in [0.05, 0.1) is 6.10 Å². The summed E-state index contributed by atoms with van der Waals surface area (Å²) in [6, 6.07) is 9.29. The average Bonchev–Trinajstić information content (AvgIpc) is 3.38. The van der Waals surface area contributed by atoms with E-state index in [0.29, 0.717) is 17.9 Å². The minimum absolute atomic E-state index is 0.150. The number of guanidine groups is 1. The van der Waals surface area contributed by atoms with Gasteiger partial charge in [-0.3, -0.25) is 4.99 Å². The Morgan fingerprint density at radius 2 is 2.00 bits per heavy atom. The van der Waals surface area contributed by atoms with Crippen molar-refractivity contribution in [2.24, 2.45) is 16.6 Å². The van der Waals surface area contributed by atoms with Gasteiger partial charge in [0, 0.05) is 32.2 Å². The highest BCUT2D eigenvalue weighted by Gasteiger charge is 2.29. The molecule has 1 aromatic carbocycles. The monoisotopic (exact) mass is 301 g/mol. The van der Waals surface area contributed by atoms with Crippen molar-refractivity contribution in [2.75, 3.05) is 20.2 Å². The molecule has 0 bridgehead atoms. The summed E-state index contributed by atoms with van der Waals surface area (Å²) in [5.74, 6) is 1.10. The number of nitrogens with zero attached hydrogens (tertiary/aromatic N) is 2. The van der Waals surface area contributed by atoms with Crippen LogP contribution in [0.1, 0.15) is 42.9 Å². The summed E-state index contributed by atoms with van der Waals surface area (Å²) in [4.78, 5) is 6.76. The van der Waals surface area contributed by atoms with Crippen molar-refractivity contribution >= 4 is 5.96 Å². The maximum Gasteiger partial charge on any atom is 0.191 e. The van der Waals surface area contributed by atoms with Crippen LogP contribution in [0.15, 0.2) is 29.3 Å². The van der Waals surface area contributed by atoms with Crippen LogP contribution < -0.4 is 5.73 Å². The summed E-state index contributed by atoms with van der Waals surface area (Å²) in [5.41, 5.74) is 8.66. The third-order valence-electron chi connectivity index (χ3n) is 4.79. The lowest BCUT2D eigenvalue weighted by atomic mass is 9.89. The first kappa shape index (κ1) is 15.3. The van der Waals surface area contributed by atoms with Crippen molar-refractivity contribution < 1.29 is 4.74 Å². The largest absolute Gasteiger partial charge is 0.373 e. The molecule has 1 aliphatic heterocycles. The standard InChI is InChI=1S/C18H27N3O/c1-13-5-7-14(8-6-13)17-15(4-3-11-22-17)12-20-18(19)21(2)16-9-10-16/h5-8,15-17H,3-4,9-12H2,1-2H3,(H2,19,20). The van der Waals surface area contributed by atoms with E-state index in [1.165, 1.54) is 24.0 Å².